The van der Waals surface area contributed by atoms with Gasteiger partial charge in [0.05, 0.1) is 23.3 Å². The Balaban J connectivity index is 2.27. The number of amides is 1. The second kappa shape index (κ2) is 12.8. The van der Waals surface area contributed by atoms with Gasteiger partial charge in [-0.15, -0.1) is 0 Å². The van der Waals surface area contributed by atoms with Gasteiger partial charge in [0.1, 0.15) is 12.4 Å². The predicted molar refractivity (Wildman–Crippen MR) is 167 cm³/mol. The zero-order chi connectivity index (χ0) is 30.7. The van der Waals surface area contributed by atoms with Crippen molar-refractivity contribution in [3.8, 4) is 5.75 Å². The summed E-state index contributed by atoms with van der Waals surface area (Å²) in [6, 6.07) is 7.75. The van der Waals surface area contributed by atoms with Crippen molar-refractivity contribution in [2.75, 3.05) is 13.2 Å². The van der Waals surface area contributed by atoms with Crippen molar-refractivity contribution >= 4 is 32.6 Å². The fourth-order valence-corrected chi connectivity index (χ4v) is 5.09. The van der Waals surface area contributed by atoms with Gasteiger partial charge < -0.3 is 28.7 Å². The summed E-state index contributed by atoms with van der Waals surface area (Å²) >= 11 is 0. The molecule has 1 aliphatic rings. The quantitative estimate of drug-likeness (QED) is 0.190. The molecule has 40 heavy (non-hydrogen) atoms. The van der Waals surface area contributed by atoms with E-state index in [2.05, 4.69) is 102 Å². The lowest BCUT2D eigenvalue weighted by molar-refractivity contribution is -0.132. The van der Waals surface area contributed by atoms with Crippen LogP contribution in [0.5, 0.6) is 5.75 Å². The molecule has 1 aromatic rings. The molecule has 0 spiro atoms. The summed E-state index contributed by atoms with van der Waals surface area (Å²) in [5.41, 5.74) is -1.21. The van der Waals surface area contributed by atoms with Gasteiger partial charge in [-0.3, -0.25) is 4.79 Å². The lowest BCUT2D eigenvalue weighted by atomic mass is 9.28. The molecule has 10 heteroatoms. The Bertz CT molecular complexity index is 984. The summed E-state index contributed by atoms with van der Waals surface area (Å²) in [5, 5.41) is 2.61. The van der Waals surface area contributed by atoms with Crippen molar-refractivity contribution in [3.63, 3.8) is 0 Å². The third kappa shape index (κ3) is 7.48. The van der Waals surface area contributed by atoms with Gasteiger partial charge in [-0.05, 0) is 70.5 Å². The van der Waals surface area contributed by atoms with Crippen LogP contribution in [0.15, 0.2) is 24.3 Å². The first-order valence-electron chi connectivity index (χ1n) is 14.8. The Kier molecular flexibility index (Phi) is 11.1. The minimum absolute atomic E-state index is 0.00803. The Hall–Kier alpha value is -1.48. The van der Waals surface area contributed by atoms with Crippen LogP contribution in [0.4, 0.5) is 0 Å². The molecule has 3 atom stereocenters. The number of hydrogen-bond donors (Lipinski definition) is 1. The topological polar surface area (TPSA) is 75.2 Å². The first-order valence-corrected chi connectivity index (χ1v) is 14.8. The van der Waals surface area contributed by atoms with Crippen LogP contribution in [0, 0.1) is 17.3 Å². The molecule has 2 rings (SSSR count). The molecule has 0 aliphatic carbocycles. The summed E-state index contributed by atoms with van der Waals surface area (Å²) in [6.45, 7) is 30.9. The van der Waals surface area contributed by atoms with E-state index >= 15 is 0 Å². The molecule has 1 fully saturated rings. The maximum absolute atomic E-state index is 10.5. The molecule has 1 aliphatic heterocycles. The van der Waals surface area contributed by atoms with Crippen LogP contribution in [0.3, 0.4) is 0 Å². The van der Waals surface area contributed by atoms with Crippen molar-refractivity contribution in [2.45, 2.75) is 119 Å². The normalized spacial score (nSPS) is 21.6. The van der Waals surface area contributed by atoms with Crippen molar-refractivity contribution < 1.29 is 28.1 Å². The van der Waals surface area contributed by atoms with E-state index in [1.807, 2.05) is 24.3 Å². The first-order chi connectivity index (χ1) is 18.2. The maximum Gasteiger partial charge on any atom is 0.494 e. The average molecular weight is 557 g/mol. The van der Waals surface area contributed by atoms with E-state index in [1.165, 1.54) is 0 Å². The molecule has 0 aromatic heterocycles. The summed E-state index contributed by atoms with van der Waals surface area (Å²) < 4.78 is 32.8. The molecule has 3 unspecified atom stereocenters. The number of ether oxygens (including phenoxy) is 1. The van der Waals surface area contributed by atoms with Gasteiger partial charge in [0.2, 0.25) is 6.41 Å². The van der Waals surface area contributed by atoms with Crippen LogP contribution in [-0.2, 0) is 23.4 Å². The number of nitrogens with one attached hydrogen (secondary N) is 1. The highest BCUT2D eigenvalue weighted by atomic mass is 16.7. The van der Waals surface area contributed by atoms with Gasteiger partial charge in [0, 0.05) is 11.5 Å². The lowest BCUT2D eigenvalue weighted by Crippen LogP contribution is -2.61. The van der Waals surface area contributed by atoms with Gasteiger partial charge in [-0.2, -0.15) is 0 Å². The number of benzene rings is 1. The molecular weight excluding hydrogens is 503 g/mol. The van der Waals surface area contributed by atoms with E-state index in [4.69, 9.17) is 23.4 Å². The first kappa shape index (κ1) is 34.7. The molecule has 0 saturated carbocycles. The smallest absolute Gasteiger partial charge is 0.492 e. The van der Waals surface area contributed by atoms with Gasteiger partial charge in [0.15, 0.2) is 0 Å². The molecular formula is C30H54B3NO6. The number of carbonyl (C=O) groups is 1. The van der Waals surface area contributed by atoms with Crippen LogP contribution in [0.2, 0.25) is 13.6 Å². The molecule has 1 heterocycles. The summed E-state index contributed by atoms with van der Waals surface area (Å²) in [7, 11) is -0.553. The van der Waals surface area contributed by atoms with Gasteiger partial charge in [-0.25, -0.2) is 0 Å². The highest BCUT2D eigenvalue weighted by molar-refractivity contribution is 7.15. The molecule has 1 saturated heterocycles. The molecule has 224 valence electrons. The summed E-state index contributed by atoms with van der Waals surface area (Å²) in [5.74, 6) is 0.882. The van der Waals surface area contributed by atoms with Crippen LogP contribution in [0.25, 0.3) is 0 Å². The zero-order valence-electron chi connectivity index (χ0n) is 27.6. The zero-order valence-corrected chi connectivity index (χ0v) is 27.6. The fraction of sp³-hybridized carbons (Fsp3) is 0.767. The van der Waals surface area contributed by atoms with Crippen LogP contribution in [-0.4, -0.2) is 62.7 Å². The monoisotopic (exact) mass is 557 g/mol. The second-order valence-electron chi connectivity index (χ2n) is 14.1. The summed E-state index contributed by atoms with van der Waals surface area (Å²) in [6.07, 6.45) is 0.666. The standard InChI is InChI=1S/C30H54B3NO6/c1-22(2)29(11,39-32(14)31(13)37-27(7,8)26(4,5)6)23(3)30(12)28(9,10)38-33(40-30)24-16-15-17-25(20-24)36-19-18-34-21-35/h15-17,20-23H,18-19H2,1-14H3,(H,34,35). The minimum atomic E-state index is -0.657. The van der Waals surface area contributed by atoms with E-state index < -0.39 is 23.9 Å². The third-order valence-corrected chi connectivity index (χ3v) is 9.90. The average Bonchev–Trinajstić information content (AvgIpc) is 3.09. The Labute approximate surface area is 245 Å². The van der Waals surface area contributed by atoms with E-state index in [9.17, 15) is 4.79 Å². The molecule has 7 nitrogen and oxygen atoms in total. The van der Waals surface area contributed by atoms with Crippen LogP contribution in [0.1, 0.15) is 83.1 Å². The SMILES string of the molecule is CB(OC(C)(C(C)C)C(C)C1(C)OB(c2cccc(OCCNC=O)c2)OC1(C)C)B(C)OC(C)(C)C(C)(C)C. The van der Waals surface area contributed by atoms with Crippen molar-refractivity contribution in [2.24, 2.45) is 17.3 Å². The Morgan fingerprint density at radius 3 is 2.15 bits per heavy atom. The Morgan fingerprint density at radius 1 is 1.00 bits per heavy atom. The van der Waals surface area contributed by atoms with Gasteiger partial charge in [0.25, 0.3) is 13.6 Å². The highest BCUT2D eigenvalue weighted by Gasteiger charge is 2.61. The predicted octanol–water partition coefficient (Wildman–Crippen LogP) is 5.32. The van der Waals surface area contributed by atoms with Crippen molar-refractivity contribution in [3.05, 3.63) is 24.3 Å². The van der Waals surface area contributed by atoms with Crippen molar-refractivity contribution in [1.29, 1.82) is 0 Å². The van der Waals surface area contributed by atoms with Crippen LogP contribution < -0.4 is 15.5 Å². The second-order valence-corrected chi connectivity index (χ2v) is 14.1. The molecule has 0 radical (unpaired) electrons. The fourth-order valence-electron chi connectivity index (χ4n) is 5.09. The van der Waals surface area contributed by atoms with E-state index in [0.29, 0.717) is 25.3 Å². The largest absolute Gasteiger partial charge is 0.494 e. The summed E-state index contributed by atoms with van der Waals surface area (Å²) in [4.78, 5) is 10.5. The lowest BCUT2D eigenvalue weighted by Gasteiger charge is -2.52. The molecule has 0 bridgehead atoms. The van der Waals surface area contributed by atoms with Gasteiger partial charge >= 0.3 is 7.12 Å². The molecule has 1 N–H and O–H groups in total. The van der Waals surface area contributed by atoms with E-state index in [0.717, 1.165) is 5.46 Å². The van der Waals surface area contributed by atoms with E-state index in [1.54, 1.807) is 0 Å². The highest BCUT2D eigenvalue weighted by Crippen LogP contribution is 2.49. The van der Waals surface area contributed by atoms with E-state index in [-0.39, 0.29) is 36.5 Å². The Morgan fingerprint density at radius 2 is 1.60 bits per heavy atom. The molecule has 1 amide bonds. The van der Waals surface area contributed by atoms with Crippen molar-refractivity contribution in [1.82, 2.24) is 5.32 Å². The molecule has 1 aromatic carbocycles. The number of carbonyl (C=O) groups excluding carboxylic acids is 1. The maximum atomic E-state index is 10.5. The number of rotatable bonds is 14. The van der Waals surface area contributed by atoms with Gasteiger partial charge in [-0.1, -0.05) is 67.3 Å². The third-order valence-electron chi connectivity index (χ3n) is 9.90. The minimum Gasteiger partial charge on any atom is -0.492 e. The van der Waals surface area contributed by atoms with Crippen LogP contribution >= 0.6 is 0 Å². The number of hydrogen-bond acceptors (Lipinski definition) is 6.